The van der Waals surface area contributed by atoms with Crippen molar-refractivity contribution in [3.8, 4) is 5.75 Å². The summed E-state index contributed by atoms with van der Waals surface area (Å²) in [5, 5.41) is 2.46. The van der Waals surface area contributed by atoms with Gasteiger partial charge in [-0.05, 0) is 36.1 Å². The summed E-state index contributed by atoms with van der Waals surface area (Å²) in [5.74, 6) is 0.444. The highest BCUT2D eigenvalue weighted by Gasteiger charge is 2.37. The largest absolute Gasteiger partial charge is 0.497 e. The molecule has 5 heteroatoms. The molecule has 1 aliphatic rings. The van der Waals surface area contributed by atoms with Crippen LogP contribution in [0.25, 0.3) is 0 Å². The van der Waals surface area contributed by atoms with E-state index >= 15 is 0 Å². The summed E-state index contributed by atoms with van der Waals surface area (Å²) in [7, 11) is 1.61. The van der Waals surface area contributed by atoms with E-state index < -0.39 is 0 Å². The number of rotatable bonds is 4. The number of hydrogen-bond donors (Lipinski definition) is 1. The Balaban J connectivity index is 2.41. The van der Waals surface area contributed by atoms with Gasteiger partial charge in [-0.25, -0.2) is 0 Å². The molecule has 0 radical (unpaired) electrons. The van der Waals surface area contributed by atoms with E-state index in [9.17, 15) is 9.59 Å². The third kappa shape index (κ3) is 3.64. The Labute approximate surface area is 133 Å². The van der Waals surface area contributed by atoms with Crippen molar-refractivity contribution in [2.24, 2.45) is 11.8 Å². The zero-order valence-electron chi connectivity index (χ0n) is 12.5. The van der Waals surface area contributed by atoms with Crippen molar-refractivity contribution < 1.29 is 14.3 Å². The van der Waals surface area contributed by atoms with Gasteiger partial charge in [0.25, 0.3) is 0 Å². The molecule has 0 aromatic heterocycles. The molecule has 0 bridgehead atoms. The molecule has 2 atom stereocenters. The van der Waals surface area contributed by atoms with Crippen LogP contribution in [0.2, 0.25) is 0 Å². The van der Waals surface area contributed by atoms with Gasteiger partial charge in [0.15, 0.2) is 0 Å². The number of hydrogen-bond acceptors (Lipinski definition) is 3. The Kier molecular flexibility index (Phi) is 5.04. The molecule has 1 aliphatic heterocycles. The number of imide groups is 1. The predicted molar refractivity (Wildman–Crippen MR) is 84.1 cm³/mol. The summed E-state index contributed by atoms with van der Waals surface area (Å²) in [6.07, 6.45) is 1.09. The maximum Gasteiger partial charge on any atom is 0.230 e. The van der Waals surface area contributed by atoms with Crippen LogP contribution in [0.15, 0.2) is 22.7 Å². The lowest BCUT2D eigenvalue weighted by atomic mass is 9.76. The zero-order valence-corrected chi connectivity index (χ0v) is 14.1. The summed E-state index contributed by atoms with van der Waals surface area (Å²) in [4.78, 5) is 24.0. The lowest BCUT2D eigenvalue weighted by molar-refractivity contribution is -0.137. The minimum absolute atomic E-state index is 0.113. The highest BCUT2D eigenvalue weighted by atomic mass is 79.9. The maximum absolute atomic E-state index is 12.2. The third-order valence-corrected chi connectivity index (χ3v) is 4.54. The topological polar surface area (TPSA) is 55.4 Å². The van der Waals surface area contributed by atoms with Gasteiger partial charge in [0.2, 0.25) is 11.8 Å². The van der Waals surface area contributed by atoms with E-state index in [-0.39, 0.29) is 23.7 Å². The fourth-order valence-electron chi connectivity index (χ4n) is 2.84. The fourth-order valence-corrected chi connectivity index (χ4v) is 3.39. The molecule has 21 heavy (non-hydrogen) atoms. The molecule has 114 valence electrons. The van der Waals surface area contributed by atoms with Gasteiger partial charge in [0.05, 0.1) is 7.11 Å². The van der Waals surface area contributed by atoms with Gasteiger partial charge in [0.1, 0.15) is 5.75 Å². The van der Waals surface area contributed by atoms with E-state index in [1.54, 1.807) is 7.11 Å². The molecule has 1 heterocycles. The standard InChI is InChI=1S/C16H20BrNO3/c1-9(2)6-13-11(8-15(19)18-16(13)20)12-7-10(21-3)4-5-14(12)17/h4-5,7,9,11,13H,6,8H2,1-3H3,(H,18,19,20). The summed E-state index contributed by atoms with van der Waals surface area (Å²) >= 11 is 3.53. The smallest absolute Gasteiger partial charge is 0.230 e. The number of methoxy groups -OCH3 is 1. The van der Waals surface area contributed by atoms with Crippen LogP contribution in [-0.2, 0) is 9.59 Å². The molecule has 2 amide bonds. The van der Waals surface area contributed by atoms with Crippen molar-refractivity contribution in [3.63, 3.8) is 0 Å². The highest BCUT2D eigenvalue weighted by molar-refractivity contribution is 9.10. The van der Waals surface area contributed by atoms with Gasteiger partial charge < -0.3 is 4.74 Å². The number of carbonyl (C=O) groups is 2. The molecule has 2 unspecified atom stereocenters. The number of benzene rings is 1. The normalized spacial score (nSPS) is 22.3. The Morgan fingerprint density at radius 2 is 2.10 bits per heavy atom. The number of halogens is 1. The zero-order chi connectivity index (χ0) is 15.6. The summed E-state index contributed by atoms with van der Waals surface area (Å²) in [6, 6.07) is 5.67. The van der Waals surface area contributed by atoms with Crippen LogP contribution in [0.3, 0.4) is 0 Å². The average Bonchev–Trinajstić information content (AvgIpc) is 2.42. The molecule has 1 saturated heterocycles. The van der Waals surface area contributed by atoms with Gasteiger partial charge in [-0.3, -0.25) is 14.9 Å². The first-order valence-electron chi connectivity index (χ1n) is 7.09. The Morgan fingerprint density at radius 3 is 2.71 bits per heavy atom. The second kappa shape index (κ2) is 6.60. The Bertz CT molecular complexity index is 556. The monoisotopic (exact) mass is 353 g/mol. The van der Waals surface area contributed by atoms with Crippen LogP contribution in [0.5, 0.6) is 5.75 Å². The summed E-state index contributed by atoms with van der Waals surface area (Å²) in [5.41, 5.74) is 0.961. The first-order chi connectivity index (χ1) is 9.92. The van der Waals surface area contributed by atoms with Gasteiger partial charge in [-0.2, -0.15) is 0 Å². The fraction of sp³-hybridized carbons (Fsp3) is 0.500. The van der Waals surface area contributed by atoms with Crippen molar-refractivity contribution in [3.05, 3.63) is 28.2 Å². The van der Waals surface area contributed by atoms with Crippen LogP contribution in [0.1, 0.15) is 38.2 Å². The molecular weight excluding hydrogens is 334 g/mol. The molecule has 1 aromatic carbocycles. The van der Waals surface area contributed by atoms with Crippen LogP contribution in [-0.4, -0.2) is 18.9 Å². The molecule has 4 nitrogen and oxygen atoms in total. The maximum atomic E-state index is 12.2. The molecule has 1 fully saturated rings. The minimum Gasteiger partial charge on any atom is -0.497 e. The Hall–Kier alpha value is -1.36. The van der Waals surface area contributed by atoms with Crippen molar-refractivity contribution in [1.82, 2.24) is 5.32 Å². The number of amides is 2. The second-order valence-electron chi connectivity index (χ2n) is 5.85. The van der Waals surface area contributed by atoms with Crippen molar-refractivity contribution in [1.29, 1.82) is 0 Å². The van der Waals surface area contributed by atoms with Gasteiger partial charge in [-0.1, -0.05) is 29.8 Å². The second-order valence-corrected chi connectivity index (χ2v) is 6.70. The Morgan fingerprint density at radius 1 is 1.38 bits per heavy atom. The quantitative estimate of drug-likeness (QED) is 0.845. The average molecular weight is 354 g/mol. The lowest BCUT2D eigenvalue weighted by Crippen LogP contribution is -2.45. The van der Waals surface area contributed by atoms with E-state index in [1.165, 1.54) is 0 Å². The molecule has 0 aliphatic carbocycles. The third-order valence-electron chi connectivity index (χ3n) is 3.82. The van der Waals surface area contributed by atoms with Crippen LogP contribution in [0.4, 0.5) is 0 Å². The molecule has 0 saturated carbocycles. The van der Waals surface area contributed by atoms with Gasteiger partial charge >= 0.3 is 0 Å². The van der Waals surface area contributed by atoms with E-state index in [0.29, 0.717) is 12.3 Å². The van der Waals surface area contributed by atoms with E-state index in [2.05, 4.69) is 35.1 Å². The van der Waals surface area contributed by atoms with Crippen LogP contribution < -0.4 is 10.1 Å². The molecule has 2 rings (SSSR count). The highest BCUT2D eigenvalue weighted by Crippen LogP contribution is 2.40. The number of ether oxygens (including phenoxy) is 1. The van der Waals surface area contributed by atoms with Crippen molar-refractivity contribution in [2.75, 3.05) is 7.11 Å². The summed E-state index contributed by atoms with van der Waals surface area (Å²) in [6.45, 7) is 4.17. The van der Waals surface area contributed by atoms with Crippen LogP contribution in [0, 0.1) is 11.8 Å². The SMILES string of the molecule is COc1ccc(Br)c(C2CC(=O)NC(=O)C2CC(C)C)c1. The molecule has 0 spiro atoms. The molecular formula is C16H20BrNO3. The van der Waals surface area contributed by atoms with Crippen LogP contribution >= 0.6 is 15.9 Å². The number of nitrogens with one attached hydrogen (secondary N) is 1. The molecule has 1 N–H and O–H groups in total. The number of carbonyl (C=O) groups excluding carboxylic acids is 2. The lowest BCUT2D eigenvalue weighted by Gasteiger charge is -2.32. The molecule has 1 aromatic rings. The minimum atomic E-state index is -0.209. The van der Waals surface area contributed by atoms with E-state index in [1.807, 2.05) is 18.2 Å². The van der Waals surface area contributed by atoms with E-state index in [4.69, 9.17) is 4.74 Å². The van der Waals surface area contributed by atoms with Gasteiger partial charge in [0, 0.05) is 22.7 Å². The van der Waals surface area contributed by atoms with E-state index in [0.717, 1.165) is 22.2 Å². The van der Waals surface area contributed by atoms with Crippen molar-refractivity contribution in [2.45, 2.75) is 32.6 Å². The number of piperidine rings is 1. The van der Waals surface area contributed by atoms with Crippen molar-refractivity contribution >= 4 is 27.7 Å². The first-order valence-corrected chi connectivity index (χ1v) is 7.88. The predicted octanol–water partition coefficient (Wildman–Crippen LogP) is 3.25. The summed E-state index contributed by atoms with van der Waals surface area (Å²) < 4.78 is 6.17. The van der Waals surface area contributed by atoms with Gasteiger partial charge in [-0.15, -0.1) is 0 Å². The first kappa shape index (κ1) is 16.0.